The highest BCUT2D eigenvalue weighted by Crippen LogP contribution is 2.31. The zero-order valence-electron chi connectivity index (χ0n) is 7.91. The molecule has 3 nitrogen and oxygen atoms in total. The van der Waals surface area contributed by atoms with Gasteiger partial charge in [0.05, 0.1) is 5.92 Å². The summed E-state index contributed by atoms with van der Waals surface area (Å²) in [6.07, 6.45) is 5.46. The monoisotopic (exact) mass is 183 g/mol. The Hall–Kier alpha value is -0.570. The molecule has 0 radical (unpaired) electrons. The van der Waals surface area contributed by atoms with Crippen LogP contribution in [0.15, 0.2) is 0 Å². The van der Waals surface area contributed by atoms with E-state index in [1.807, 2.05) is 0 Å². The van der Waals surface area contributed by atoms with Gasteiger partial charge in [0, 0.05) is 6.04 Å². The molecule has 3 heteroatoms. The van der Waals surface area contributed by atoms with Crippen molar-refractivity contribution in [2.24, 2.45) is 5.92 Å². The summed E-state index contributed by atoms with van der Waals surface area (Å²) in [6, 6.07) is 0.573. The lowest BCUT2D eigenvalue weighted by Crippen LogP contribution is -2.30. The molecule has 0 aromatic carbocycles. The number of carboxylic acid groups (broad SMARTS) is 1. The third-order valence-electron chi connectivity index (χ3n) is 3.41. The zero-order valence-corrected chi connectivity index (χ0v) is 7.91. The van der Waals surface area contributed by atoms with Crippen LogP contribution in [0.3, 0.4) is 0 Å². The molecule has 2 rings (SSSR count). The van der Waals surface area contributed by atoms with E-state index < -0.39 is 5.97 Å². The topological polar surface area (TPSA) is 40.5 Å². The molecule has 2 fully saturated rings. The molecule has 13 heavy (non-hydrogen) atoms. The number of carboxylic acids is 1. The van der Waals surface area contributed by atoms with Crippen LogP contribution in [0.5, 0.6) is 0 Å². The Morgan fingerprint density at radius 1 is 1.23 bits per heavy atom. The van der Waals surface area contributed by atoms with Gasteiger partial charge in [-0.1, -0.05) is 0 Å². The van der Waals surface area contributed by atoms with Gasteiger partial charge in [-0.2, -0.15) is 0 Å². The fraction of sp³-hybridized carbons (Fsp3) is 0.900. The second-order valence-electron chi connectivity index (χ2n) is 4.25. The summed E-state index contributed by atoms with van der Waals surface area (Å²) in [5.74, 6) is -0.660. The quantitative estimate of drug-likeness (QED) is 0.702. The third kappa shape index (κ3) is 1.85. The highest BCUT2D eigenvalue weighted by molar-refractivity contribution is 5.70. The van der Waals surface area contributed by atoms with Crippen LogP contribution in [0.4, 0.5) is 0 Å². The Bertz CT molecular complexity index is 199. The minimum Gasteiger partial charge on any atom is -0.481 e. The van der Waals surface area contributed by atoms with Crippen molar-refractivity contribution in [3.63, 3.8) is 0 Å². The summed E-state index contributed by atoms with van der Waals surface area (Å²) in [7, 11) is 0. The van der Waals surface area contributed by atoms with E-state index in [0.717, 1.165) is 19.3 Å². The van der Waals surface area contributed by atoms with Crippen LogP contribution in [0, 0.1) is 5.92 Å². The summed E-state index contributed by atoms with van der Waals surface area (Å²) in [5.41, 5.74) is 0. The van der Waals surface area contributed by atoms with E-state index in [0.29, 0.717) is 6.04 Å². The summed E-state index contributed by atoms with van der Waals surface area (Å²) in [4.78, 5) is 13.2. The predicted octanol–water partition coefficient (Wildman–Crippen LogP) is 1.34. The van der Waals surface area contributed by atoms with Gasteiger partial charge in [-0.15, -0.1) is 0 Å². The van der Waals surface area contributed by atoms with E-state index >= 15 is 0 Å². The van der Waals surface area contributed by atoms with E-state index in [1.54, 1.807) is 0 Å². The molecule has 0 unspecified atom stereocenters. The molecule has 74 valence electrons. The van der Waals surface area contributed by atoms with Gasteiger partial charge in [0.25, 0.3) is 0 Å². The van der Waals surface area contributed by atoms with Crippen molar-refractivity contribution >= 4 is 5.97 Å². The average Bonchev–Trinajstić information content (AvgIpc) is 2.75. The average molecular weight is 183 g/mol. The first-order chi connectivity index (χ1) is 6.27. The van der Waals surface area contributed by atoms with Gasteiger partial charge in [0.15, 0.2) is 0 Å². The maximum atomic E-state index is 10.7. The van der Waals surface area contributed by atoms with E-state index in [1.165, 1.54) is 25.9 Å². The molecule has 1 heterocycles. The van der Waals surface area contributed by atoms with Crippen molar-refractivity contribution in [2.45, 2.75) is 38.1 Å². The standard InChI is InChI=1S/C10H17NO2/c12-10(13)8-3-4-9(7-8)11-5-1-2-6-11/h8-9H,1-7H2,(H,12,13)/t8-,9+/m1/s1. The Labute approximate surface area is 78.7 Å². The lowest BCUT2D eigenvalue weighted by atomic mass is 10.1. The van der Waals surface area contributed by atoms with Crippen molar-refractivity contribution in [2.75, 3.05) is 13.1 Å². The van der Waals surface area contributed by atoms with Gasteiger partial charge >= 0.3 is 5.97 Å². The number of hydrogen-bond acceptors (Lipinski definition) is 2. The van der Waals surface area contributed by atoms with E-state index in [2.05, 4.69) is 4.90 Å². The SMILES string of the molecule is O=C(O)[C@@H]1CC[C@H](N2CCCC2)C1. The van der Waals surface area contributed by atoms with Gasteiger partial charge in [-0.25, -0.2) is 0 Å². The Morgan fingerprint density at radius 2 is 1.92 bits per heavy atom. The lowest BCUT2D eigenvalue weighted by molar-refractivity contribution is -0.141. The Morgan fingerprint density at radius 3 is 2.46 bits per heavy atom. The molecule has 2 aliphatic rings. The summed E-state index contributed by atoms with van der Waals surface area (Å²) >= 11 is 0. The molecule has 1 aliphatic carbocycles. The smallest absolute Gasteiger partial charge is 0.306 e. The normalized spacial score (nSPS) is 35.4. The predicted molar refractivity (Wildman–Crippen MR) is 49.6 cm³/mol. The molecule has 2 atom stereocenters. The molecular weight excluding hydrogens is 166 g/mol. The van der Waals surface area contributed by atoms with Gasteiger partial charge in [-0.05, 0) is 45.2 Å². The molecule has 1 aliphatic heterocycles. The molecule has 0 aromatic heterocycles. The fourth-order valence-electron chi connectivity index (χ4n) is 2.62. The number of carbonyl (C=O) groups is 1. The number of aliphatic carboxylic acids is 1. The largest absolute Gasteiger partial charge is 0.481 e. The van der Waals surface area contributed by atoms with Gasteiger partial charge in [0.1, 0.15) is 0 Å². The number of hydrogen-bond donors (Lipinski definition) is 1. The van der Waals surface area contributed by atoms with Crippen LogP contribution >= 0.6 is 0 Å². The van der Waals surface area contributed by atoms with Crippen molar-refractivity contribution in [1.29, 1.82) is 0 Å². The summed E-state index contributed by atoms with van der Waals surface area (Å²) < 4.78 is 0. The van der Waals surface area contributed by atoms with Gasteiger partial charge < -0.3 is 10.0 Å². The summed E-state index contributed by atoms with van der Waals surface area (Å²) in [6.45, 7) is 2.38. The van der Waals surface area contributed by atoms with Crippen LogP contribution in [0.1, 0.15) is 32.1 Å². The zero-order chi connectivity index (χ0) is 9.26. The second-order valence-corrected chi connectivity index (χ2v) is 4.25. The minimum atomic E-state index is -0.596. The molecule has 1 saturated carbocycles. The second kappa shape index (κ2) is 3.66. The van der Waals surface area contributed by atoms with E-state index in [-0.39, 0.29) is 5.92 Å². The highest BCUT2D eigenvalue weighted by atomic mass is 16.4. The molecule has 0 spiro atoms. The summed E-state index contributed by atoms with van der Waals surface area (Å²) in [5, 5.41) is 8.86. The van der Waals surface area contributed by atoms with Crippen LogP contribution < -0.4 is 0 Å². The van der Waals surface area contributed by atoms with Crippen molar-refractivity contribution < 1.29 is 9.90 Å². The van der Waals surface area contributed by atoms with Gasteiger partial charge in [-0.3, -0.25) is 4.79 Å². The first-order valence-electron chi connectivity index (χ1n) is 5.24. The molecule has 1 N–H and O–H groups in total. The van der Waals surface area contributed by atoms with Crippen LogP contribution in [0.25, 0.3) is 0 Å². The van der Waals surface area contributed by atoms with Crippen LogP contribution in [0.2, 0.25) is 0 Å². The van der Waals surface area contributed by atoms with Crippen molar-refractivity contribution in [3.05, 3.63) is 0 Å². The van der Waals surface area contributed by atoms with E-state index in [4.69, 9.17) is 5.11 Å². The van der Waals surface area contributed by atoms with Crippen molar-refractivity contribution in [3.8, 4) is 0 Å². The molecule has 0 bridgehead atoms. The number of rotatable bonds is 2. The van der Waals surface area contributed by atoms with Crippen molar-refractivity contribution in [1.82, 2.24) is 4.90 Å². The maximum Gasteiger partial charge on any atom is 0.306 e. The first-order valence-corrected chi connectivity index (χ1v) is 5.24. The molecule has 1 saturated heterocycles. The molecule has 0 amide bonds. The third-order valence-corrected chi connectivity index (χ3v) is 3.41. The highest BCUT2D eigenvalue weighted by Gasteiger charge is 2.33. The van der Waals surface area contributed by atoms with Crippen LogP contribution in [-0.2, 0) is 4.79 Å². The molecular formula is C10H17NO2. The number of nitrogens with zero attached hydrogens (tertiary/aromatic N) is 1. The Kier molecular flexibility index (Phi) is 2.54. The van der Waals surface area contributed by atoms with Gasteiger partial charge in [0.2, 0.25) is 0 Å². The Balaban J connectivity index is 1.86. The minimum absolute atomic E-state index is 0.0643. The maximum absolute atomic E-state index is 10.7. The first kappa shape index (κ1) is 9.00. The lowest BCUT2D eigenvalue weighted by Gasteiger charge is -2.22. The van der Waals surface area contributed by atoms with Crippen LogP contribution in [-0.4, -0.2) is 35.1 Å². The number of likely N-dealkylation sites (tertiary alicyclic amines) is 1. The molecule has 0 aromatic rings. The fourth-order valence-corrected chi connectivity index (χ4v) is 2.62. The van der Waals surface area contributed by atoms with E-state index in [9.17, 15) is 4.79 Å².